The number of hydrogen-bond donors (Lipinski definition) is 4. The van der Waals surface area contributed by atoms with Gasteiger partial charge in [0, 0.05) is 42.5 Å². The highest BCUT2D eigenvalue weighted by atomic mass is 32.2. The summed E-state index contributed by atoms with van der Waals surface area (Å²) in [4.78, 5) is 43.1. The van der Waals surface area contributed by atoms with Gasteiger partial charge in [-0.25, -0.2) is 13.2 Å². The largest absolute Gasteiger partial charge is 0.480 e. The van der Waals surface area contributed by atoms with Crippen LogP contribution in [0.15, 0.2) is 59.6 Å². The predicted molar refractivity (Wildman–Crippen MR) is 151 cm³/mol. The van der Waals surface area contributed by atoms with E-state index in [1.807, 2.05) is 31.2 Å². The highest BCUT2D eigenvalue weighted by Crippen LogP contribution is 2.22. The molecule has 2 atom stereocenters. The molecule has 214 valence electrons. The lowest BCUT2D eigenvalue weighted by molar-refractivity contribution is -0.143. The molecule has 1 aliphatic rings. The number of aromatic nitrogens is 1. The SMILES string of the molecule is Cc1ccc(S(=O)(=O)NC(C(=O)N2CCC(C(=O)NC(Cc3c[nH]c4ccccc34)C(=O)O)CC2)C(C)C)cc1. The summed E-state index contributed by atoms with van der Waals surface area (Å²) >= 11 is 0. The van der Waals surface area contributed by atoms with Gasteiger partial charge in [0.1, 0.15) is 12.1 Å². The number of fused-ring (bicyclic) bond motifs is 1. The number of carbonyl (C=O) groups excluding carboxylic acids is 2. The summed E-state index contributed by atoms with van der Waals surface area (Å²) in [7, 11) is -3.91. The monoisotopic (exact) mass is 568 g/mol. The van der Waals surface area contributed by atoms with Gasteiger partial charge in [-0.2, -0.15) is 4.72 Å². The normalized spacial score (nSPS) is 16.1. The Labute approximate surface area is 234 Å². The maximum Gasteiger partial charge on any atom is 0.326 e. The topological polar surface area (TPSA) is 149 Å². The van der Waals surface area contributed by atoms with Gasteiger partial charge in [0.2, 0.25) is 21.8 Å². The van der Waals surface area contributed by atoms with E-state index in [1.165, 1.54) is 12.1 Å². The van der Waals surface area contributed by atoms with Crippen LogP contribution in [-0.4, -0.2) is 66.4 Å². The minimum absolute atomic E-state index is 0.0903. The van der Waals surface area contributed by atoms with E-state index in [-0.39, 0.29) is 42.1 Å². The van der Waals surface area contributed by atoms with Gasteiger partial charge in [-0.1, -0.05) is 49.7 Å². The number of benzene rings is 2. The van der Waals surface area contributed by atoms with Gasteiger partial charge in [-0.3, -0.25) is 9.59 Å². The molecule has 1 aromatic heterocycles. The molecule has 0 saturated carbocycles. The van der Waals surface area contributed by atoms with E-state index in [4.69, 9.17) is 0 Å². The van der Waals surface area contributed by atoms with Gasteiger partial charge in [-0.15, -0.1) is 0 Å². The Morgan fingerprint density at radius 1 is 1.05 bits per heavy atom. The molecule has 40 heavy (non-hydrogen) atoms. The number of para-hydroxylation sites is 1. The standard InChI is InChI=1S/C29H36N4O6S/c1-18(2)26(32-40(38,39)22-10-8-19(3)9-11-22)28(35)33-14-12-20(13-15-33)27(34)31-25(29(36)37)16-21-17-30-24-7-5-4-6-23(21)24/h4-11,17-18,20,25-26,30,32H,12-16H2,1-3H3,(H,31,34)(H,36,37). The van der Waals surface area contributed by atoms with Crippen molar-refractivity contribution in [2.45, 2.75) is 57.0 Å². The first kappa shape index (κ1) is 29.3. The molecule has 4 N–H and O–H groups in total. The van der Waals surface area contributed by atoms with Crippen molar-refractivity contribution in [3.63, 3.8) is 0 Å². The number of aliphatic carboxylic acids is 1. The number of carboxylic acids is 1. The van der Waals surface area contributed by atoms with Crippen molar-refractivity contribution in [3.8, 4) is 0 Å². The van der Waals surface area contributed by atoms with E-state index in [0.29, 0.717) is 12.8 Å². The molecule has 1 saturated heterocycles. The number of nitrogens with zero attached hydrogens (tertiary/aromatic N) is 1. The molecule has 2 unspecified atom stereocenters. The number of aryl methyl sites for hydroxylation is 1. The molecular weight excluding hydrogens is 532 g/mol. The van der Waals surface area contributed by atoms with Crippen LogP contribution < -0.4 is 10.0 Å². The van der Waals surface area contributed by atoms with Crippen LogP contribution in [-0.2, 0) is 30.8 Å². The third kappa shape index (κ3) is 6.71. The first-order chi connectivity index (χ1) is 19.0. The number of rotatable bonds is 10. The van der Waals surface area contributed by atoms with Crippen molar-refractivity contribution in [1.29, 1.82) is 0 Å². The highest BCUT2D eigenvalue weighted by molar-refractivity contribution is 7.89. The Morgan fingerprint density at radius 2 is 1.70 bits per heavy atom. The number of carboxylic acid groups (broad SMARTS) is 1. The third-order valence-corrected chi connectivity index (χ3v) is 8.89. The molecular formula is C29H36N4O6S. The molecule has 0 radical (unpaired) electrons. The fourth-order valence-electron chi connectivity index (χ4n) is 4.99. The van der Waals surface area contributed by atoms with Crippen LogP contribution in [0.3, 0.4) is 0 Å². The molecule has 4 rings (SSSR count). The van der Waals surface area contributed by atoms with Gasteiger partial charge in [-0.05, 0) is 49.4 Å². The van der Waals surface area contributed by atoms with Crippen molar-refractivity contribution >= 4 is 38.7 Å². The molecule has 3 aromatic rings. The van der Waals surface area contributed by atoms with Crippen molar-refractivity contribution in [2.75, 3.05) is 13.1 Å². The van der Waals surface area contributed by atoms with Crippen LogP contribution in [0.4, 0.5) is 0 Å². The van der Waals surface area contributed by atoms with Gasteiger partial charge in [0.05, 0.1) is 4.90 Å². The lowest BCUT2D eigenvalue weighted by Gasteiger charge is -2.35. The number of likely N-dealkylation sites (tertiary alicyclic amines) is 1. The van der Waals surface area contributed by atoms with Crippen LogP contribution in [0.1, 0.15) is 37.8 Å². The Morgan fingerprint density at radius 3 is 2.33 bits per heavy atom. The number of nitrogens with one attached hydrogen (secondary N) is 3. The van der Waals surface area contributed by atoms with Crippen LogP contribution in [0.2, 0.25) is 0 Å². The number of hydrogen-bond acceptors (Lipinski definition) is 5. The van der Waals surface area contributed by atoms with E-state index in [9.17, 15) is 27.9 Å². The molecule has 10 nitrogen and oxygen atoms in total. The quantitative estimate of drug-likeness (QED) is 0.296. The number of piperidine rings is 1. The van der Waals surface area contributed by atoms with Crippen LogP contribution >= 0.6 is 0 Å². The van der Waals surface area contributed by atoms with E-state index >= 15 is 0 Å². The van der Waals surface area contributed by atoms with Crippen molar-refractivity contribution in [3.05, 3.63) is 65.9 Å². The second kappa shape index (κ2) is 12.2. The van der Waals surface area contributed by atoms with E-state index in [2.05, 4.69) is 15.0 Å². The van der Waals surface area contributed by atoms with Crippen molar-refractivity contribution < 1.29 is 27.9 Å². The van der Waals surface area contributed by atoms with Crippen LogP contribution in [0.25, 0.3) is 10.9 Å². The number of carbonyl (C=O) groups is 3. The third-order valence-electron chi connectivity index (χ3n) is 7.44. The maximum absolute atomic E-state index is 13.3. The zero-order valence-corrected chi connectivity index (χ0v) is 23.7. The highest BCUT2D eigenvalue weighted by Gasteiger charge is 2.35. The lowest BCUT2D eigenvalue weighted by Crippen LogP contribution is -2.54. The van der Waals surface area contributed by atoms with Gasteiger partial charge < -0.3 is 20.3 Å². The number of aromatic amines is 1. The average molecular weight is 569 g/mol. The number of sulfonamides is 1. The predicted octanol–water partition coefficient (Wildman–Crippen LogP) is 2.83. The minimum atomic E-state index is -3.91. The summed E-state index contributed by atoms with van der Waals surface area (Å²) in [6.45, 7) is 5.96. The second-order valence-electron chi connectivity index (χ2n) is 10.7. The smallest absolute Gasteiger partial charge is 0.326 e. The molecule has 1 fully saturated rings. The Hall–Kier alpha value is -3.70. The first-order valence-electron chi connectivity index (χ1n) is 13.4. The van der Waals surface area contributed by atoms with Crippen molar-refractivity contribution in [2.24, 2.45) is 11.8 Å². The second-order valence-corrected chi connectivity index (χ2v) is 12.4. The molecule has 1 aliphatic heterocycles. The molecule has 0 bridgehead atoms. The van der Waals surface area contributed by atoms with Gasteiger partial charge >= 0.3 is 5.97 Å². The molecule has 2 heterocycles. The molecule has 0 spiro atoms. The van der Waals surface area contributed by atoms with Crippen molar-refractivity contribution in [1.82, 2.24) is 19.9 Å². The lowest BCUT2D eigenvalue weighted by atomic mass is 9.93. The number of H-pyrrole nitrogens is 1. The van der Waals surface area contributed by atoms with E-state index in [1.54, 1.807) is 37.1 Å². The average Bonchev–Trinajstić information content (AvgIpc) is 3.34. The molecule has 2 amide bonds. The van der Waals surface area contributed by atoms with Crippen LogP contribution in [0.5, 0.6) is 0 Å². The fraction of sp³-hybridized carbons (Fsp3) is 0.414. The first-order valence-corrected chi connectivity index (χ1v) is 14.9. The van der Waals surface area contributed by atoms with E-state index < -0.39 is 34.0 Å². The summed E-state index contributed by atoms with van der Waals surface area (Å²) in [5, 5.41) is 13.4. The Balaban J connectivity index is 1.35. The van der Waals surface area contributed by atoms with Crippen LogP contribution in [0, 0.1) is 18.8 Å². The molecule has 2 aromatic carbocycles. The summed E-state index contributed by atoms with van der Waals surface area (Å²) in [6, 6.07) is 11.9. The maximum atomic E-state index is 13.3. The Kier molecular flexibility index (Phi) is 8.95. The zero-order valence-electron chi connectivity index (χ0n) is 22.9. The van der Waals surface area contributed by atoms with Gasteiger partial charge in [0.15, 0.2) is 0 Å². The summed E-state index contributed by atoms with van der Waals surface area (Å²) in [5.74, 6) is -2.57. The van der Waals surface area contributed by atoms with Gasteiger partial charge in [0.25, 0.3) is 0 Å². The summed E-state index contributed by atoms with van der Waals surface area (Å²) in [6.07, 6.45) is 2.60. The molecule has 0 aliphatic carbocycles. The number of amides is 2. The minimum Gasteiger partial charge on any atom is -0.480 e. The zero-order chi connectivity index (χ0) is 29.0. The Bertz CT molecular complexity index is 1470. The summed E-state index contributed by atoms with van der Waals surface area (Å²) < 4.78 is 28.5. The summed E-state index contributed by atoms with van der Waals surface area (Å²) in [5.41, 5.74) is 2.62. The van der Waals surface area contributed by atoms with E-state index in [0.717, 1.165) is 22.0 Å². The molecule has 11 heteroatoms. The fourth-order valence-corrected chi connectivity index (χ4v) is 6.33.